The smallest absolute Gasteiger partial charge is 0.311 e. The van der Waals surface area contributed by atoms with Crippen molar-refractivity contribution in [2.24, 2.45) is 0 Å². The minimum absolute atomic E-state index is 0.116. The van der Waals surface area contributed by atoms with Gasteiger partial charge in [0, 0.05) is 17.6 Å². The van der Waals surface area contributed by atoms with Crippen LogP contribution < -0.4 is 5.32 Å². The third-order valence-electron chi connectivity index (χ3n) is 3.40. The van der Waals surface area contributed by atoms with E-state index in [2.05, 4.69) is 5.32 Å². The van der Waals surface area contributed by atoms with Gasteiger partial charge in [-0.1, -0.05) is 23.8 Å². The molecule has 0 saturated carbocycles. The Morgan fingerprint density at radius 3 is 2.52 bits per heavy atom. The molecule has 0 radical (unpaired) electrons. The molecule has 0 aliphatic rings. The van der Waals surface area contributed by atoms with Gasteiger partial charge in [0.15, 0.2) is 6.61 Å². The number of aryl methyl sites for hydroxylation is 1. The average Bonchev–Trinajstić information content (AvgIpc) is 3.07. The highest BCUT2D eigenvalue weighted by atomic mass is 32.1. The van der Waals surface area contributed by atoms with Crippen LogP contribution in [0.1, 0.15) is 10.4 Å². The number of benzene rings is 1. The van der Waals surface area contributed by atoms with Crippen LogP contribution >= 0.6 is 11.3 Å². The van der Waals surface area contributed by atoms with Crippen LogP contribution in [0.2, 0.25) is 0 Å². The fourth-order valence-corrected chi connectivity index (χ4v) is 2.69. The first-order valence-electron chi connectivity index (χ1n) is 7.72. The lowest BCUT2D eigenvalue weighted by atomic mass is 10.2. The number of anilines is 1. The molecular formula is C18H20N2O4S. The molecule has 1 heterocycles. The predicted octanol–water partition coefficient (Wildman–Crippen LogP) is 2.24. The number of likely N-dealkylation sites (N-methyl/N-ethyl adjacent to an activating group) is 1. The van der Waals surface area contributed by atoms with Crippen LogP contribution in [0.5, 0.6) is 0 Å². The zero-order valence-electron chi connectivity index (χ0n) is 14.2. The second kappa shape index (κ2) is 8.98. The van der Waals surface area contributed by atoms with E-state index in [9.17, 15) is 14.4 Å². The Hall–Kier alpha value is -2.67. The SMILES string of the molecule is Cc1ccc(NC(=O)CN(C)C(=O)COC(=O)Cc2cccs2)cc1. The fourth-order valence-electron chi connectivity index (χ4n) is 2.00. The van der Waals surface area contributed by atoms with Crippen molar-refractivity contribution in [1.82, 2.24) is 4.90 Å². The Balaban J connectivity index is 1.72. The Morgan fingerprint density at radius 1 is 1.16 bits per heavy atom. The van der Waals surface area contributed by atoms with Crippen molar-refractivity contribution in [1.29, 1.82) is 0 Å². The Morgan fingerprint density at radius 2 is 1.88 bits per heavy atom. The van der Waals surface area contributed by atoms with Gasteiger partial charge in [-0.25, -0.2) is 0 Å². The van der Waals surface area contributed by atoms with Gasteiger partial charge in [0.25, 0.3) is 5.91 Å². The lowest BCUT2D eigenvalue weighted by molar-refractivity contribution is -0.151. The first-order chi connectivity index (χ1) is 11.9. The van der Waals surface area contributed by atoms with E-state index in [4.69, 9.17) is 4.74 Å². The Kier molecular flexibility index (Phi) is 6.71. The first kappa shape index (κ1) is 18.7. The van der Waals surface area contributed by atoms with Gasteiger partial charge in [-0.05, 0) is 30.5 Å². The monoisotopic (exact) mass is 360 g/mol. The topological polar surface area (TPSA) is 75.7 Å². The van der Waals surface area contributed by atoms with Crippen LogP contribution in [-0.4, -0.2) is 42.9 Å². The normalized spacial score (nSPS) is 10.2. The van der Waals surface area contributed by atoms with E-state index in [1.165, 1.54) is 23.3 Å². The van der Waals surface area contributed by atoms with Gasteiger partial charge in [0.05, 0.1) is 13.0 Å². The van der Waals surface area contributed by atoms with Crippen molar-refractivity contribution in [3.63, 3.8) is 0 Å². The highest BCUT2D eigenvalue weighted by molar-refractivity contribution is 7.10. The highest BCUT2D eigenvalue weighted by Crippen LogP contribution is 2.10. The van der Waals surface area contributed by atoms with Crippen molar-refractivity contribution in [3.05, 3.63) is 52.2 Å². The maximum absolute atomic E-state index is 12.0. The fraction of sp³-hybridized carbons (Fsp3) is 0.278. The summed E-state index contributed by atoms with van der Waals surface area (Å²) in [6.07, 6.45) is 0.141. The minimum atomic E-state index is -0.465. The molecule has 1 N–H and O–H groups in total. The van der Waals surface area contributed by atoms with Gasteiger partial charge in [0.2, 0.25) is 5.91 Å². The second-order valence-electron chi connectivity index (χ2n) is 5.58. The zero-order valence-corrected chi connectivity index (χ0v) is 15.0. The van der Waals surface area contributed by atoms with Gasteiger partial charge in [-0.2, -0.15) is 0 Å². The van der Waals surface area contributed by atoms with Crippen molar-refractivity contribution in [2.75, 3.05) is 25.5 Å². The number of nitrogens with one attached hydrogen (secondary N) is 1. The van der Waals surface area contributed by atoms with Gasteiger partial charge in [-0.3, -0.25) is 14.4 Å². The summed E-state index contributed by atoms with van der Waals surface area (Å²) in [5.74, 6) is -1.21. The molecule has 1 aromatic heterocycles. The molecule has 25 heavy (non-hydrogen) atoms. The molecule has 2 aromatic rings. The van der Waals surface area contributed by atoms with E-state index >= 15 is 0 Å². The predicted molar refractivity (Wildman–Crippen MR) is 96.4 cm³/mol. The van der Waals surface area contributed by atoms with Crippen molar-refractivity contribution in [2.45, 2.75) is 13.3 Å². The van der Waals surface area contributed by atoms with E-state index in [1.807, 2.05) is 36.6 Å². The Bertz CT molecular complexity index is 726. The van der Waals surface area contributed by atoms with Gasteiger partial charge in [-0.15, -0.1) is 11.3 Å². The highest BCUT2D eigenvalue weighted by Gasteiger charge is 2.15. The standard InChI is InChI=1S/C18H20N2O4S/c1-13-5-7-14(8-6-13)19-16(21)11-20(2)17(22)12-24-18(23)10-15-4-3-9-25-15/h3-9H,10-12H2,1-2H3,(H,19,21). The summed E-state index contributed by atoms with van der Waals surface area (Å²) in [6.45, 7) is 1.46. The average molecular weight is 360 g/mol. The number of carbonyl (C=O) groups excluding carboxylic acids is 3. The molecule has 0 unspecified atom stereocenters. The molecule has 0 aliphatic heterocycles. The maximum Gasteiger partial charge on any atom is 0.311 e. The quantitative estimate of drug-likeness (QED) is 0.769. The van der Waals surface area contributed by atoms with E-state index in [0.29, 0.717) is 5.69 Å². The lowest BCUT2D eigenvalue weighted by Gasteiger charge is -2.16. The zero-order chi connectivity index (χ0) is 18.2. The third-order valence-corrected chi connectivity index (χ3v) is 4.27. The molecule has 2 amide bonds. The number of hydrogen-bond acceptors (Lipinski definition) is 5. The van der Waals surface area contributed by atoms with E-state index in [0.717, 1.165) is 10.4 Å². The molecule has 0 spiro atoms. The van der Waals surface area contributed by atoms with Gasteiger partial charge >= 0.3 is 5.97 Å². The molecular weight excluding hydrogens is 340 g/mol. The summed E-state index contributed by atoms with van der Waals surface area (Å²) in [5, 5.41) is 4.58. The molecule has 0 bridgehead atoms. The molecule has 1 aromatic carbocycles. The summed E-state index contributed by atoms with van der Waals surface area (Å²) in [4.78, 5) is 37.7. The number of nitrogens with zero attached hydrogens (tertiary/aromatic N) is 1. The molecule has 0 atom stereocenters. The van der Waals surface area contributed by atoms with Crippen LogP contribution in [0.3, 0.4) is 0 Å². The van der Waals surface area contributed by atoms with Crippen molar-refractivity contribution >= 4 is 34.8 Å². The first-order valence-corrected chi connectivity index (χ1v) is 8.60. The molecule has 6 nitrogen and oxygen atoms in total. The second-order valence-corrected chi connectivity index (χ2v) is 6.61. The largest absolute Gasteiger partial charge is 0.455 e. The molecule has 0 fully saturated rings. The molecule has 2 rings (SSSR count). The van der Waals surface area contributed by atoms with Crippen LogP contribution in [0, 0.1) is 6.92 Å². The van der Waals surface area contributed by atoms with Crippen molar-refractivity contribution < 1.29 is 19.1 Å². The number of ether oxygens (including phenoxy) is 1. The summed E-state index contributed by atoms with van der Waals surface area (Å²) in [5.41, 5.74) is 1.76. The molecule has 132 valence electrons. The number of amides is 2. The summed E-state index contributed by atoms with van der Waals surface area (Å²) >= 11 is 1.45. The Labute approximate surface area is 150 Å². The van der Waals surface area contributed by atoms with E-state index in [1.54, 1.807) is 12.1 Å². The minimum Gasteiger partial charge on any atom is -0.455 e. The van der Waals surface area contributed by atoms with Crippen LogP contribution in [0.25, 0.3) is 0 Å². The van der Waals surface area contributed by atoms with Crippen LogP contribution in [0.4, 0.5) is 5.69 Å². The number of hydrogen-bond donors (Lipinski definition) is 1. The van der Waals surface area contributed by atoms with Gasteiger partial charge in [0.1, 0.15) is 0 Å². The van der Waals surface area contributed by atoms with Gasteiger partial charge < -0.3 is 15.0 Å². The van der Waals surface area contributed by atoms with E-state index < -0.39 is 11.9 Å². The summed E-state index contributed by atoms with van der Waals surface area (Å²) in [6, 6.07) is 11.0. The molecule has 0 aliphatic carbocycles. The summed E-state index contributed by atoms with van der Waals surface area (Å²) < 4.78 is 4.96. The number of esters is 1. The maximum atomic E-state index is 12.0. The molecule has 0 saturated heterocycles. The lowest BCUT2D eigenvalue weighted by Crippen LogP contribution is -2.37. The number of thiophene rings is 1. The molecule has 7 heteroatoms. The summed E-state index contributed by atoms with van der Waals surface area (Å²) in [7, 11) is 1.49. The number of rotatable bonds is 7. The van der Waals surface area contributed by atoms with Crippen LogP contribution in [-0.2, 0) is 25.5 Å². The third kappa shape index (κ3) is 6.39. The van der Waals surface area contributed by atoms with Crippen LogP contribution in [0.15, 0.2) is 41.8 Å². The number of carbonyl (C=O) groups is 3. The van der Waals surface area contributed by atoms with E-state index in [-0.39, 0.29) is 25.5 Å². The van der Waals surface area contributed by atoms with Crippen molar-refractivity contribution in [3.8, 4) is 0 Å².